The Kier molecular flexibility index (Phi) is 9.32. The van der Waals surface area contributed by atoms with E-state index in [1.165, 1.54) is 6.08 Å². The van der Waals surface area contributed by atoms with Crippen molar-refractivity contribution in [2.75, 3.05) is 18.5 Å². The van der Waals surface area contributed by atoms with Gasteiger partial charge in [0.2, 0.25) is 11.8 Å². The lowest BCUT2D eigenvalue weighted by molar-refractivity contribution is -0.111. The molecule has 1 aromatic heterocycles. The van der Waals surface area contributed by atoms with Crippen molar-refractivity contribution < 1.29 is 22.8 Å². The number of hydrogen-bond acceptors (Lipinski definition) is 6. The van der Waals surface area contributed by atoms with E-state index >= 15 is 0 Å². The number of benzene rings is 3. The third-order valence-corrected chi connectivity index (χ3v) is 7.73. The van der Waals surface area contributed by atoms with E-state index in [0.29, 0.717) is 41.3 Å². The highest BCUT2D eigenvalue weighted by Crippen LogP contribution is 2.51. The van der Waals surface area contributed by atoms with Crippen LogP contribution >= 0.6 is 19.2 Å². The molecule has 0 saturated heterocycles. The quantitative estimate of drug-likeness (QED) is 0.150. The third kappa shape index (κ3) is 7.30. The van der Waals surface area contributed by atoms with Crippen molar-refractivity contribution in [3.63, 3.8) is 0 Å². The van der Waals surface area contributed by atoms with E-state index in [-0.39, 0.29) is 12.1 Å². The number of amides is 1. The Hall–Kier alpha value is -3.48. The average molecular weight is 551 g/mol. The van der Waals surface area contributed by atoms with Gasteiger partial charge in [-0.15, -0.1) is 0 Å². The Morgan fingerprint density at radius 3 is 2.24 bits per heavy atom. The fourth-order valence-electron chi connectivity index (χ4n) is 3.74. The van der Waals surface area contributed by atoms with Gasteiger partial charge in [0, 0.05) is 27.9 Å². The Labute approximate surface area is 227 Å². The Bertz CT molecular complexity index is 1420. The lowest BCUT2D eigenvalue weighted by Gasteiger charge is -2.17. The molecule has 0 saturated carbocycles. The summed E-state index contributed by atoms with van der Waals surface area (Å²) >= 11 is 6.05. The number of nitrogens with one attached hydrogen (secondary N) is 1. The van der Waals surface area contributed by atoms with E-state index in [2.05, 4.69) is 10.3 Å². The van der Waals surface area contributed by atoms with Crippen LogP contribution in [0.4, 0.5) is 5.69 Å². The molecular weight excluding hydrogens is 523 g/mol. The second-order valence-corrected chi connectivity index (χ2v) is 10.7. The van der Waals surface area contributed by atoms with Gasteiger partial charge in [0.25, 0.3) is 0 Å². The number of rotatable bonds is 11. The third-order valence-electron chi connectivity index (χ3n) is 5.43. The SMILES string of the molecule is CCOP(=O)(Cc1ccc(NC(=O)/C=C/c2oc(-c3ccccc3)nc2-c2ccc(Cl)cc2)cc1)OCC. The molecule has 9 heteroatoms. The predicted octanol–water partition coefficient (Wildman–Crippen LogP) is 8.08. The molecule has 0 spiro atoms. The fraction of sp³-hybridized carbons (Fsp3) is 0.172. The van der Waals surface area contributed by atoms with Gasteiger partial charge in [-0.3, -0.25) is 9.36 Å². The predicted molar refractivity (Wildman–Crippen MR) is 151 cm³/mol. The monoisotopic (exact) mass is 550 g/mol. The van der Waals surface area contributed by atoms with Gasteiger partial charge < -0.3 is 18.8 Å². The molecular formula is C29H28ClN2O5P. The number of nitrogens with zero attached hydrogens (tertiary/aromatic N) is 1. The average Bonchev–Trinajstić information content (AvgIpc) is 3.34. The maximum absolute atomic E-state index is 12.8. The van der Waals surface area contributed by atoms with Crippen LogP contribution in [0, 0.1) is 0 Å². The van der Waals surface area contributed by atoms with Crippen molar-refractivity contribution in [2.24, 2.45) is 0 Å². The molecule has 0 aliphatic heterocycles. The van der Waals surface area contributed by atoms with Crippen molar-refractivity contribution in [1.29, 1.82) is 0 Å². The van der Waals surface area contributed by atoms with E-state index in [0.717, 1.165) is 16.7 Å². The van der Waals surface area contributed by atoms with Crippen molar-refractivity contribution in [3.05, 3.63) is 101 Å². The summed E-state index contributed by atoms with van der Waals surface area (Å²) in [7, 11) is -3.20. The van der Waals surface area contributed by atoms with Crippen molar-refractivity contribution >= 4 is 36.9 Å². The van der Waals surface area contributed by atoms with Gasteiger partial charge in [0.05, 0.1) is 19.4 Å². The minimum absolute atomic E-state index is 0.158. The molecule has 1 N–H and O–H groups in total. The zero-order valence-electron chi connectivity index (χ0n) is 21.1. The number of anilines is 1. The van der Waals surface area contributed by atoms with Crippen LogP contribution < -0.4 is 5.32 Å². The number of aromatic nitrogens is 1. The molecule has 0 radical (unpaired) electrons. The first kappa shape index (κ1) is 27.6. The maximum atomic E-state index is 12.8. The van der Waals surface area contributed by atoms with E-state index in [1.54, 1.807) is 56.3 Å². The van der Waals surface area contributed by atoms with Crippen molar-refractivity contribution in [1.82, 2.24) is 4.98 Å². The van der Waals surface area contributed by atoms with Gasteiger partial charge >= 0.3 is 7.60 Å². The number of oxazole rings is 1. The summed E-state index contributed by atoms with van der Waals surface area (Å²) in [5.74, 6) is 0.550. The molecule has 38 heavy (non-hydrogen) atoms. The highest BCUT2D eigenvalue weighted by atomic mass is 35.5. The number of carbonyl (C=O) groups is 1. The number of halogens is 1. The normalized spacial score (nSPS) is 11.7. The molecule has 0 bridgehead atoms. The van der Waals surface area contributed by atoms with Gasteiger partial charge in [-0.1, -0.05) is 54.1 Å². The van der Waals surface area contributed by atoms with Crippen LogP contribution in [0.1, 0.15) is 25.2 Å². The summed E-state index contributed by atoms with van der Waals surface area (Å²) in [5, 5.41) is 3.43. The molecule has 1 amide bonds. The molecule has 0 aliphatic rings. The maximum Gasteiger partial charge on any atom is 0.335 e. The lowest BCUT2D eigenvalue weighted by Crippen LogP contribution is -2.07. The Balaban J connectivity index is 1.49. The highest BCUT2D eigenvalue weighted by molar-refractivity contribution is 7.53. The second-order valence-electron chi connectivity index (χ2n) is 8.23. The molecule has 196 valence electrons. The van der Waals surface area contributed by atoms with Crippen LogP contribution in [-0.4, -0.2) is 24.1 Å². The van der Waals surface area contributed by atoms with Crippen LogP contribution in [0.2, 0.25) is 5.02 Å². The molecule has 1 heterocycles. The van der Waals surface area contributed by atoms with Crippen LogP contribution in [0.5, 0.6) is 0 Å². The molecule has 3 aromatic carbocycles. The summed E-state index contributed by atoms with van der Waals surface area (Å²) in [6.45, 7) is 4.15. The van der Waals surface area contributed by atoms with Crippen LogP contribution in [0.15, 0.2) is 89.4 Å². The minimum atomic E-state index is -3.20. The smallest absolute Gasteiger partial charge is 0.335 e. The largest absolute Gasteiger partial charge is 0.436 e. The van der Waals surface area contributed by atoms with Crippen LogP contribution in [-0.2, 0) is 24.6 Å². The standard InChI is InChI=1S/C29H28ClN2O5P/c1-3-35-38(34,36-4-2)20-21-10-16-25(17-11-21)31-27(33)19-18-26-28(22-12-14-24(30)15-13-22)32-29(37-26)23-8-6-5-7-9-23/h5-19H,3-4,20H2,1-2H3,(H,31,33)/b19-18+. The summed E-state index contributed by atoms with van der Waals surface area (Å²) in [4.78, 5) is 17.3. The molecule has 4 aromatic rings. The van der Waals surface area contributed by atoms with Crippen molar-refractivity contribution in [2.45, 2.75) is 20.0 Å². The summed E-state index contributed by atoms with van der Waals surface area (Å²) in [5.41, 5.74) is 3.61. The minimum Gasteiger partial charge on any atom is -0.436 e. The number of carbonyl (C=O) groups excluding carboxylic acids is 1. The summed E-state index contributed by atoms with van der Waals surface area (Å²) in [6, 6.07) is 23.8. The molecule has 4 rings (SSSR count). The van der Waals surface area contributed by atoms with Crippen LogP contribution in [0.3, 0.4) is 0 Å². The molecule has 0 fully saturated rings. The Morgan fingerprint density at radius 1 is 0.947 bits per heavy atom. The molecule has 0 aliphatic carbocycles. The van der Waals surface area contributed by atoms with Gasteiger partial charge in [-0.2, -0.15) is 0 Å². The van der Waals surface area contributed by atoms with E-state index in [9.17, 15) is 9.36 Å². The first-order valence-electron chi connectivity index (χ1n) is 12.2. The second kappa shape index (κ2) is 12.9. The first-order chi connectivity index (χ1) is 18.4. The summed E-state index contributed by atoms with van der Waals surface area (Å²) < 4.78 is 29.5. The van der Waals surface area contributed by atoms with Gasteiger partial charge in [-0.05, 0) is 61.9 Å². The first-order valence-corrected chi connectivity index (χ1v) is 14.3. The zero-order valence-corrected chi connectivity index (χ0v) is 22.7. The van der Waals surface area contributed by atoms with Crippen molar-refractivity contribution in [3.8, 4) is 22.7 Å². The highest BCUT2D eigenvalue weighted by Gasteiger charge is 2.24. The molecule has 0 atom stereocenters. The summed E-state index contributed by atoms with van der Waals surface area (Å²) in [6.07, 6.45) is 3.14. The lowest BCUT2D eigenvalue weighted by atomic mass is 10.1. The molecule has 7 nitrogen and oxygen atoms in total. The number of hydrogen-bond donors (Lipinski definition) is 1. The van der Waals surface area contributed by atoms with Gasteiger partial charge in [0.1, 0.15) is 5.69 Å². The van der Waals surface area contributed by atoms with E-state index in [1.807, 2.05) is 42.5 Å². The van der Waals surface area contributed by atoms with Gasteiger partial charge in [-0.25, -0.2) is 4.98 Å². The van der Waals surface area contributed by atoms with Gasteiger partial charge in [0.15, 0.2) is 5.76 Å². The van der Waals surface area contributed by atoms with Crippen LogP contribution in [0.25, 0.3) is 28.8 Å². The van der Waals surface area contributed by atoms with E-state index < -0.39 is 7.60 Å². The van der Waals surface area contributed by atoms with E-state index in [4.69, 9.17) is 25.1 Å². The Morgan fingerprint density at radius 2 is 1.61 bits per heavy atom. The molecule has 0 unspecified atom stereocenters. The fourth-order valence-corrected chi connectivity index (χ4v) is 5.57. The zero-order chi connectivity index (χ0) is 27.0. The topological polar surface area (TPSA) is 90.7 Å².